The highest BCUT2D eigenvalue weighted by molar-refractivity contribution is 9.12. The lowest BCUT2D eigenvalue weighted by atomic mass is 9.77. The molecule has 4 aromatic heterocycles. The molecular formula is C74H61BrN6O2. The summed E-state index contributed by atoms with van der Waals surface area (Å²) in [6, 6.07) is 80.2. The standard InChI is InChI=1S/C36H26BrN3O.C36H27N3O.2CH4/c1-24-19-25(17-18-38-24)35-31-20-26-21-32(37)34(41)23-27(26)22-33(31)40(39-35)36(28-11-5-2-6-12-28,29-13-7-3-8-14-29)30-15-9-4-10-16-30;1-25-21-27(19-20-37-25)35-33-23-26-17-18-32(40)22-28(26)24-34(33)39(38-35)36(29-11-5-2-6-12-29,30-13-7-3-8-14-30)31-15-9-4-10-16-31;;/h2-22H,23H2,1H3;2-21,23-24H,22H2,1H3;2*1H4. The summed E-state index contributed by atoms with van der Waals surface area (Å²) in [6.45, 7) is 4.00. The highest BCUT2D eigenvalue weighted by Crippen LogP contribution is 2.47. The average Bonchev–Trinajstić information content (AvgIpc) is 1.93. The minimum Gasteiger partial charge on any atom is -0.294 e. The summed E-state index contributed by atoms with van der Waals surface area (Å²) < 4.78 is 4.95. The number of benzene rings is 8. The molecule has 0 radical (unpaired) electrons. The Hall–Kier alpha value is -9.70. The van der Waals surface area contributed by atoms with Gasteiger partial charge >= 0.3 is 0 Å². The van der Waals surface area contributed by atoms with E-state index in [-0.39, 0.29) is 26.4 Å². The summed E-state index contributed by atoms with van der Waals surface area (Å²) in [5.41, 5.74) is 16.7. The van der Waals surface area contributed by atoms with E-state index in [0.717, 1.165) is 111 Å². The van der Waals surface area contributed by atoms with E-state index >= 15 is 0 Å². The van der Waals surface area contributed by atoms with E-state index in [9.17, 15) is 9.59 Å². The molecule has 14 rings (SSSR count). The Labute approximate surface area is 493 Å². The number of carbonyl (C=O) groups excluding carboxylic acids is 2. The fourth-order valence-corrected chi connectivity index (χ4v) is 12.5. The van der Waals surface area contributed by atoms with Crippen molar-refractivity contribution < 1.29 is 9.59 Å². The van der Waals surface area contributed by atoms with E-state index in [1.165, 1.54) is 0 Å². The largest absolute Gasteiger partial charge is 0.294 e. The van der Waals surface area contributed by atoms with E-state index in [1.807, 2.05) is 86.9 Å². The van der Waals surface area contributed by atoms with Gasteiger partial charge in [-0.1, -0.05) is 203 Å². The number of nitrogens with zero attached hydrogens (tertiary/aromatic N) is 6. The van der Waals surface area contributed by atoms with E-state index in [1.54, 1.807) is 6.08 Å². The summed E-state index contributed by atoms with van der Waals surface area (Å²) in [6.07, 6.45) is 9.93. The van der Waals surface area contributed by atoms with Crippen molar-refractivity contribution in [1.29, 1.82) is 0 Å². The zero-order valence-electron chi connectivity index (χ0n) is 44.6. The number of carbonyl (C=O) groups is 2. The molecule has 0 unspecified atom stereocenters. The number of aromatic nitrogens is 6. The molecule has 83 heavy (non-hydrogen) atoms. The fraction of sp³-hybridized carbons (Fsp3) is 0.108. The molecule has 2 aliphatic carbocycles. The molecule has 0 fully saturated rings. The van der Waals surface area contributed by atoms with Gasteiger partial charge in [-0.05, 0) is 146 Å². The zero-order valence-corrected chi connectivity index (χ0v) is 46.2. The molecule has 12 aromatic rings. The summed E-state index contributed by atoms with van der Waals surface area (Å²) in [5, 5.41) is 13.0. The van der Waals surface area contributed by atoms with Gasteiger partial charge in [-0.3, -0.25) is 19.6 Å². The van der Waals surface area contributed by atoms with Gasteiger partial charge in [0.05, 0.1) is 15.5 Å². The monoisotopic (exact) mass is 1140 g/mol. The quantitative estimate of drug-likeness (QED) is 0.127. The van der Waals surface area contributed by atoms with Crippen LogP contribution in [0.15, 0.2) is 253 Å². The van der Waals surface area contributed by atoms with Gasteiger partial charge in [0, 0.05) is 58.5 Å². The SMILES string of the molecule is C.C.Cc1cc(-c2nn(C(c3ccccc3)(c3ccccc3)c3ccccc3)c3cc4c(cc23)C=C(Br)C(=O)C4)ccn1.Cc1cc(-c2nn(C(c3ccccc3)(c3ccccc3)c3ccccc3)c3cc4c(cc23)C=CC(=O)C4)ccn1. The lowest BCUT2D eigenvalue weighted by Gasteiger charge is -2.37. The predicted octanol–water partition coefficient (Wildman–Crippen LogP) is 16.8. The number of aryl methyl sites for hydroxylation is 2. The first-order valence-corrected chi connectivity index (χ1v) is 27.9. The van der Waals surface area contributed by atoms with Crippen molar-refractivity contribution in [2.24, 2.45) is 0 Å². The number of hydrogen-bond donors (Lipinski definition) is 0. The average molecular weight is 1150 g/mol. The van der Waals surface area contributed by atoms with Crippen LogP contribution in [0.3, 0.4) is 0 Å². The number of rotatable bonds is 10. The molecule has 8 aromatic carbocycles. The van der Waals surface area contributed by atoms with Gasteiger partial charge in [-0.25, -0.2) is 9.36 Å². The molecule has 9 heteroatoms. The van der Waals surface area contributed by atoms with Gasteiger partial charge in [-0.15, -0.1) is 0 Å². The van der Waals surface area contributed by atoms with E-state index in [2.05, 4.69) is 217 Å². The molecule has 0 aliphatic heterocycles. The topological polar surface area (TPSA) is 95.6 Å². The number of pyridine rings is 2. The number of fused-ring (bicyclic) bond motifs is 4. The van der Waals surface area contributed by atoms with Crippen molar-refractivity contribution in [3.05, 3.63) is 320 Å². The minimum atomic E-state index is -0.786. The Bertz CT molecular complexity index is 4210. The van der Waals surface area contributed by atoms with Crippen molar-refractivity contribution in [2.75, 3.05) is 0 Å². The van der Waals surface area contributed by atoms with Gasteiger partial charge in [-0.2, -0.15) is 10.2 Å². The molecular weight excluding hydrogens is 1080 g/mol. The molecule has 0 bridgehead atoms. The minimum absolute atomic E-state index is 0. The number of Topliss-reactive ketones (excluding diaryl/α,β-unsaturated/α-hetero) is 1. The maximum absolute atomic E-state index is 12.8. The molecule has 0 N–H and O–H groups in total. The maximum atomic E-state index is 12.8. The van der Waals surface area contributed by atoms with Crippen molar-refractivity contribution in [1.82, 2.24) is 29.5 Å². The molecule has 0 saturated carbocycles. The van der Waals surface area contributed by atoms with Crippen molar-refractivity contribution in [3.8, 4) is 22.5 Å². The van der Waals surface area contributed by atoms with Gasteiger partial charge in [0.2, 0.25) is 0 Å². The van der Waals surface area contributed by atoms with Gasteiger partial charge < -0.3 is 0 Å². The summed E-state index contributed by atoms with van der Waals surface area (Å²) in [4.78, 5) is 34.1. The van der Waals surface area contributed by atoms with Crippen molar-refractivity contribution in [3.63, 3.8) is 0 Å². The lowest BCUT2D eigenvalue weighted by Crippen LogP contribution is -2.38. The van der Waals surface area contributed by atoms with E-state index in [0.29, 0.717) is 17.3 Å². The number of allylic oxidation sites excluding steroid dienone is 2. The third-order valence-corrected chi connectivity index (χ3v) is 16.4. The Morgan fingerprint density at radius 2 is 0.771 bits per heavy atom. The summed E-state index contributed by atoms with van der Waals surface area (Å²) in [5.74, 6) is 0.191. The Kier molecular flexibility index (Phi) is 15.3. The first-order valence-electron chi connectivity index (χ1n) is 27.1. The normalized spacial score (nSPS) is 12.8. The Morgan fingerprint density at radius 1 is 0.422 bits per heavy atom. The molecule has 0 saturated heterocycles. The van der Waals surface area contributed by atoms with Crippen molar-refractivity contribution in [2.45, 2.75) is 52.6 Å². The highest BCUT2D eigenvalue weighted by Gasteiger charge is 2.43. The Balaban J connectivity index is 0.000000170. The maximum Gasteiger partial charge on any atom is 0.174 e. The van der Waals surface area contributed by atoms with Crippen LogP contribution in [0.2, 0.25) is 0 Å². The molecule has 0 spiro atoms. The predicted molar refractivity (Wildman–Crippen MR) is 341 cm³/mol. The van der Waals surface area contributed by atoms with Crippen LogP contribution in [0, 0.1) is 13.8 Å². The van der Waals surface area contributed by atoms with Crippen LogP contribution in [0.1, 0.15) is 81.9 Å². The fourth-order valence-electron chi connectivity index (χ4n) is 12.1. The van der Waals surface area contributed by atoms with Crippen LogP contribution < -0.4 is 0 Å². The zero-order chi connectivity index (χ0) is 55.1. The first-order chi connectivity index (χ1) is 39.7. The number of hydrogen-bond acceptors (Lipinski definition) is 6. The van der Waals surface area contributed by atoms with E-state index in [4.69, 9.17) is 10.2 Å². The van der Waals surface area contributed by atoms with Gasteiger partial charge in [0.25, 0.3) is 0 Å². The molecule has 2 aliphatic rings. The molecule has 0 atom stereocenters. The summed E-state index contributed by atoms with van der Waals surface area (Å²) in [7, 11) is 0. The van der Waals surface area contributed by atoms with Crippen LogP contribution in [0.25, 0.3) is 56.5 Å². The van der Waals surface area contributed by atoms with Crippen LogP contribution in [-0.4, -0.2) is 41.1 Å². The van der Waals surface area contributed by atoms with Crippen LogP contribution in [0.4, 0.5) is 0 Å². The molecule has 4 heterocycles. The smallest absolute Gasteiger partial charge is 0.174 e. The van der Waals surface area contributed by atoms with Crippen LogP contribution in [0.5, 0.6) is 0 Å². The summed E-state index contributed by atoms with van der Waals surface area (Å²) >= 11 is 3.47. The second kappa shape index (κ2) is 23.0. The second-order valence-electron chi connectivity index (χ2n) is 20.7. The number of ketones is 2. The van der Waals surface area contributed by atoms with E-state index < -0.39 is 11.1 Å². The van der Waals surface area contributed by atoms with Crippen LogP contribution in [-0.2, 0) is 33.5 Å². The van der Waals surface area contributed by atoms with Crippen molar-refractivity contribution >= 4 is 61.5 Å². The third-order valence-electron chi connectivity index (χ3n) is 15.7. The Morgan fingerprint density at radius 3 is 1.13 bits per heavy atom. The third kappa shape index (κ3) is 9.76. The van der Waals surface area contributed by atoms with Crippen LogP contribution >= 0.6 is 15.9 Å². The molecule has 406 valence electrons. The lowest BCUT2D eigenvalue weighted by molar-refractivity contribution is -0.115. The van der Waals surface area contributed by atoms with Gasteiger partial charge in [0.1, 0.15) is 22.5 Å². The molecule has 8 nitrogen and oxygen atoms in total. The number of halogens is 1. The molecule has 0 amide bonds. The highest BCUT2D eigenvalue weighted by atomic mass is 79.9. The second-order valence-corrected chi connectivity index (χ2v) is 21.6. The first kappa shape index (κ1) is 55.2. The van der Waals surface area contributed by atoms with Gasteiger partial charge in [0.15, 0.2) is 11.6 Å².